The van der Waals surface area contributed by atoms with E-state index in [-0.39, 0.29) is 36.9 Å². The van der Waals surface area contributed by atoms with Crippen LogP contribution < -0.4 is 14.5 Å². The van der Waals surface area contributed by atoms with E-state index in [4.69, 9.17) is 35.2 Å². The maximum atomic E-state index is 13.7. The van der Waals surface area contributed by atoms with Crippen molar-refractivity contribution in [1.29, 1.82) is 0 Å². The maximum Gasteiger partial charge on any atom is 0.410 e. The van der Waals surface area contributed by atoms with Gasteiger partial charge in [0, 0.05) is 49.4 Å². The fourth-order valence-corrected chi connectivity index (χ4v) is 9.56. The van der Waals surface area contributed by atoms with Crippen LogP contribution in [0.2, 0.25) is 18.1 Å². The molecule has 7 rings (SSSR count). The fourth-order valence-electron chi connectivity index (χ4n) is 8.18. The maximum absolute atomic E-state index is 13.7. The highest BCUT2D eigenvalue weighted by Gasteiger charge is 2.47. The molecule has 2 amide bonds. The molecule has 2 fully saturated rings. The predicted octanol–water partition coefficient (Wildman–Crippen LogP) is 8.72. The van der Waals surface area contributed by atoms with Crippen LogP contribution in [0, 0.1) is 6.57 Å². The zero-order valence-corrected chi connectivity index (χ0v) is 38.0. The molecule has 14 heteroatoms. The average molecular weight is 848 g/mol. The number of nitrogens with zero attached hydrogens (tertiary/aromatic N) is 7. The van der Waals surface area contributed by atoms with Crippen molar-refractivity contribution >= 4 is 42.8 Å². The van der Waals surface area contributed by atoms with E-state index in [1.54, 1.807) is 9.80 Å². The number of anilines is 2. The molecule has 4 aromatic rings. The normalized spacial score (nSPS) is 19.7. The molecule has 13 nitrogen and oxygen atoms in total. The van der Waals surface area contributed by atoms with Crippen molar-refractivity contribution in [2.24, 2.45) is 0 Å². The molecule has 3 atom stereocenters. The molecule has 0 N–H and O–H groups in total. The van der Waals surface area contributed by atoms with Crippen molar-refractivity contribution in [3.8, 4) is 6.01 Å². The van der Waals surface area contributed by atoms with Crippen molar-refractivity contribution in [2.75, 3.05) is 55.7 Å². The van der Waals surface area contributed by atoms with Crippen molar-refractivity contribution in [3.63, 3.8) is 0 Å². The average Bonchev–Trinajstić information content (AvgIpc) is 3.62. The second-order valence-corrected chi connectivity index (χ2v) is 23.6. The van der Waals surface area contributed by atoms with E-state index < -0.39 is 38.2 Å². The van der Waals surface area contributed by atoms with Gasteiger partial charge in [0.05, 0.1) is 24.4 Å². The van der Waals surface area contributed by atoms with E-state index >= 15 is 0 Å². The molecule has 1 aromatic heterocycles. The molecule has 0 unspecified atom stereocenters. The summed E-state index contributed by atoms with van der Waals surface area (Å²) in [5.41, 5.74) is 3.26. The first kappa shape index (κ1) is 43.7. The van der Waals surface area contributed by atoms with E-state index in [0.717, 1.165) is 34.9 Å². The van der Waals surface area contributed by atoms with Crippen LogP contribution >= 0.6 is 0 Å². The lowest BCUT2D eigenvalue weighted by atomic mass is 10.0. The van der Waals surface area contributed by atoms with Gasteiger partial charge in [-0.05, 0) is 68.8 Å². The lowest BCUT2D eigenvalue weighted by Crippen LogP contribution is -2.57. The molecule has 0 spiro atoms. The van der Waals surface area contributed by atoms with Gasteiger partial charge in [0.2, 0.25) is 6.54 Å². The summed E-state index contributed by atoms with van der Waals surface area (Å²) in [6.45, 7) is 27.9. The zero-order valence-electron chi connectivity index (χ0n) is 37.0. The number of rotatable bonds is 10. The van der Waals surface area contributed by atoms with E-state index in [2.05, 4.69) is 91.0 Å². The molecule has 0 bridgehead atoms. The number of ether oxygens (including phenoxy) is 3. The molecule has 3 aromatic carbocycles. The molecule has 0 saturated carbocycles. The standard InChI is InChI=1S/C47H61N7O6Si/c1-46(2,3)59-45(56)54-25-23-41(60-61(8,9)47(4,5)6)40(54)32-57-43-49-38-30-51(39-21-15-19-34-18-13-14-20-36(34)39)24-22-37(38)42(50-43)52-26-27-53(35(29-52)28-48-7)44(55)58-31-33-16-11-10-12-17-33/h10-21,35,40-41H,22-32H2,1-6,8-9H3/t35-,40+,41-/m0/s1. The van der Waals surface area contributed by atoms with Crippen molar-refractivity contribution in [3.05, 3.63) is 101 Å². The molecule has 2 saturated heterocycles. The smallest absolute Gasteiger partial charge is 0.410 e. The predicted molar refractivity (Wildman–Crippen MR) is 240 cm³/mol. The Bertz CT molecular complexity index is 2230. The SMILES string of the molecule is [C-]#[N+]C[C@H]1CN(c2nc(OC[C@@H]3[C@@H](O[Si](C)(C)C(C)(C)C)CCN3C(=O)OC(C)(C)C)nc3c2CCN(c2cccc4ccccc24)C3)CCN1C(=O)OCc1ccccc1. The van der Waals surface area contributed by atoms with Gasteiger partial charge in [-0.15, -0.1) is 0 Å². The molecular weight excluding hydrogens is 787 g/mol. The molecular formula is C47H61N7O6Si. The largest absolute Gasteiger partial charge is 0.461 e. The van der Waals surface area contributed by atoms with Crippen molar-refractivity contribution in [2.45, 2.75) is 109 Å². The lowest BCUT2D eigenvalue weighted by Gasteiger charge is -2.41. The van der Waals surface area contributed by atoms with Crippen LogP contribution in [0.5, 0.6) is 6.01 Å². The van der Waals surface area contributed by atoms with Crippen LogP contribution in [0.1, 0.15) is 64.8 Å². The number of fused-ring (bicyclic) bond motifs is 2. The van der Waals surface area contributed by atoms with Gasteiger partial charge >= 0.3 is 18.2 Å². The summed E-state index contributed by atoms with van der Waals surface area (Å²) in [7, 11) is -2.23. The molecule has 0 radical (unpaired) electrons. The first-order chi connectivity index (χ1) is 29.0. The monoisotopic (exact) mass is 847 g/mol. The first-order valence-corrected chi connectivity index (χ1v) is 24.4. The minimum Gasteiger partial charge on any atom is -0.461 e. The van der Waals surface area contributed by atoms with Crippen LogP contribution in [0.3, 0.4) is 0 Å². The van der Waals surface area contributed by atoms with Crippen LogP contribution in [-0.4, -0.2) is 110 Å². The molecule has 0 aliphatic carbocycles. The number of amides is 2. The number of aromatic nitrogens is 2. The summed E-state index contributed by atoms with van der Waals surface area (Å²) in [5, 5.41) is 2.32. The lowest BCUT2D eigenvalue weighted by molar-refractivity contribution is 0.00921. The summed E-state index contributed by atoms with van der Waals surface area (Å²) >= 11 is 0. The Morgan fingerprint density at radius 1 is 0.852 bits per heavy atom. The van der Waals surface area contributed by atoms with Crippen LogP contribution in [0.4, 0.5) is 21.1 Å². The Morgan fingerprint density at radius 2 is 1.59 bits per heavy atom. The van der Waals surface area contributed by atoms with E-state index in [1.165, 1.54) is 10.8 Å². The van der Waals surface area contributed by atoms with Gasteiger partial charge in [-0.1, -0.05) is 87.5 Å². The summed E-state index contributed by atoms with van der Waals surface area (Å²) in [5.74, 6) is 0.745. The highest BCUT2D eigenvalue weighted by Crippen LogP contribution is 2.40. The summed E-state index contributed by atoms with van der Waals surface area (Å²) in [6, 6.07) is 23.8. The summed E-state index contributed by atoms with van der Waals surface area (Å²) < 4.78 is 25.2. The van der Waals surface area contributed by atoms with Crippen molar-refractivity contribution < 1.29 is 28.2 Å². The third-order valence-electron chi connectivity index (χ3n) is 12.4. The minimum absolute atomic E-state index is 0.0298. The number of hydrogen-bond acceptors (Lipinski definition) is 10. The van der Waals surface area contributed by atoms with Gasteiger partial charge < -0.3 is 33.3 Å². The fraction of sp³-hybridized carbons (Fsp3) is 0.511. The van der Waals surface area contributed by atoms with Crippen LogP contribution in [0.25, 0.3) is 15.6 Å². The van der Waals surface area contributed by atoms with E-state index in [0.29, 0.717) is 45.6 Å². The van der Waals surface area contributed by atoms with Crippen molar-refractivity contribution in [1.82, 2.24) is 19.8 Å². The highest BCUT2D eigenvalue weighted by atomic mass is 28.4. The molecule has 324 valence electrons. The van der Waals surface area contributed by atoms with Gasteiger partial charge in [0.25, 0.3) is 0 Å². The Hall–Kier alpha value is -5.39. The third kappa shape index (κ3) is 10.1. The van der Waals surface area contributed by atoms with Crippen LogP contribution in [-0.2, 0) is 33.5 Å². The van der Waals surface area contributed by atoms with Gasteiger partial charge in [-0.3, -0.25) is 9.80 Å². The molecule has 4 heterocycles. The number of hydrogen-bond donors (Lipinski definition) is 0. The van der Waals surface area contributed by atoms with E-state index in [9.17, 15) is 9.59 Å². The Morgan fingerprint density at radius 3 is 2.33 bits per heavy atom. The summed E-state index contributed by atoms with van der Waals surface area (Å²) in [6.07, 6.45) is 0.273. The summed E-state index contributed by atoms with van der Waals surface area (Å²) in [4.78, 5) is 49.1. The quantitative estimate of drug-likeness (QED) is 0.113. The number of carbonyl (C=O) groups excluding carboxylic acids is 2. The van der Waals surface area contributed by atoms with Gasteiger partial charge in [0.15, 0.2) is 8.32 Å². The number of piperazine rings is 1. The minimum atomic E-state index is -2.23. The van der Waals surface area contributed by atoms with Gasteiger partial charge in [-0.2, -0.15) is 9.97 Å². The van der Waals surface area contributed by atoms with E-state index in [1.807, 2.05) is 51.1 Å². The number of likely N-dealkylation sites (tertiary alicyclic amines) is 1. The second kappa shape index (κ2) is 17.9. The first-order valence-electron chi connectivity index (χ1n) is 21.5. The second-order valence-electron chi connectivity index (χ2n) is 18.9. The highest BCUT2D eigenvalue weighted by molar-refractivity contribution is 6.74. The Balaban J connectivity index is 1.19. The van der Waals surface area contributed by atoms with Crippen LogP contribution in [0.15, 0.2) is 72.8 Å². The molecule has 3 aliphatic heterocycles. The Labute approximate surface area is 361 Å². The topological polar surface area (TPSA) is 114 Å². The van der Waals surface area contributed by atoms with Gasteiger partial charge in [0.1, 0.15) is 30.7 Å². The third-order valence-corrected chi connectivity index (χ3v) is 16.9. The number of carbonyl (C=O) groups is 2. The number of benzene rings is 3. The Kier molecular flexibility index (Phi) is 12.8. The zero-order chi connectivity index (χ0) is 43.5. The van der Waals surface area contributed by atoms with Gasteiger partial charge in [-0.25, -0.2) is 16.2 Å². The molecule has 61 heavy (non-hydrogen) atoms. The molecule has 3 aliphatic rings.